The molecule has 132 valence electrons. The van der Waals surface area contributed by atoms with Gasteiger partial charge in [0.15, 0.2) is 11.7 Å². The molecule has 0 unspecified atom stereocenters. The summed E-state index contributed by atoms with van der Waals surface area (Å²) in [6.07, 6.45) is -0.154. The van der Waals surface area contributed by atoms with Gasteiger partial charge in [-0.3, -0.25) is 14.9 Å². The van der Waals surface area contributed by atoms with Crippen molar-refractivity contribution in [3.8, 4) is 17.0 Å². The van der Waals surface area contributed by atoms with Crippen molar-refractivity contribution < 1.29 is 19.4 Å². The minimum absolute atomic E-state index is 0.154. The molecule has 6 nitrogen and oxygen atoms in total. The number of hydrogen-bond acceptors (Lipinski definition) is 5. The Kier molecular flexibility index (Phi) is 5.60. The number of amides is 1. The molecule has 2 N–H and O–H groups in total. The van der Waals surface area contributed by atoms with Crippen LogP contribution in [-0.4, -0.2) is 28.6 Å². The summed E-state index contributed by atoms with van der Waals surface area (Å²) in [5, 5.41) is 12.1. The smallest absolute Gasteiger partial charge is 0.308 e. The third-order valence-corrected chi connectivity index (χ3v) is 4.39. The molecule has 0 bridgehead atoms. The van der Waals surface area contributed by atoms with Crippen LogP contribution >= 0.6 is 11.3 Å². The van der Waals surface area contributed by atoms with Gasteiger partial charge < -0.3 is 9.84 Å². The molecule has 0 aliphatic heterocycles. The Morgan fingerprint density at radius 3 is 2.35 bits per heavy atom. The molecule has 3 rings (SSSR count). The zero-order chi connectivity index (χ0) is 18.4. The summed E-state index contributed by atoms with van der Waals surface area (Å²) in [4.78, 5) is 28.2. The van der Waals surface area contributed by atoms with Crippen molar-refractivity contribution in [1.82, 2.24) is 4.98 Å². The van der Waals surface area contributed by atoms with Crippen molar-refractivity contribution in [1.29, 1.82) is 0 Å². The molecule has 2 aromatic carbocycles. The summed E-state index contributed by atoms with van der Waals surface area (Å²) < 4.78 is 5.40. The van der Waals surface area contributed by atoms with Crippen molar-refractivity contribution in [2.24, 2.45) is 0 Å². The highest BCUT2D eigenvalue weighted by Crippen LogP contribution is 2.31. The van der Waals surface area contributed by atoms with Gasteiger partial charge in [0, 0.05) is 10.4 Å². The molecule has 0 spiro atoms. The Balaban J connectivity index is 1.72. The first kappa shape index (κ1) is 17.6. The van der Waals surface area contributed by atoms with Crippen LogP contribution < -0.4 is 10.1 Å². The van der Waals surface area contributed by atoms with Gasteiger partial charge >= 0.3 is 5.97 Å². The Morgan fingerprint density at radius 2 is 1.69 bits per heavy atom. The van der Waals surface area contributed by atoms with E-state index >= 15 is 0 Å². The molecule has 0 saturated heterocycles. The Labute approximate surface area is 154 Å². The second-order valence-corrected chi connectivity index (χ2v) is 6.46. The highest BCUT2D eigenvalue weighted by Gasteiger charge is 2.17. The average Bonchev–Trinajstić information content (AvgIpc) is 3.03. The maximum atomic E-state index is 12.1. The highest BCUT2D eigenvalue weighted by atomic mass is 32.1. The van der Waals surface area contributed by atoms with E-state index in [-0.39, 0.29) is 18.9 Å². The zero-order valence-corrected chi connectivity index (χ0v) is 14.5. The molecule has 26 heavy (non-hydrogen) atoms. The third kappa shape index (κ3) is 4.67. The maximum absolute atomic E-state index is 12.1. The van der Waals surface area contributed by atoms with E-state index in [1.54, 1.807) is 12.1 Å². The maximum Gasteiger partial charge on any atom is 0.308 e. The van der Waals surface area contributed by atoms with Crippen LogP contribution in [0.5, 0.6) is 5.75 Å². The van der Waals surface area contributed by atoms with E-state index in [2.05, 4.69) is 10.3 Å². The SMILES string of the molecule is O=C(O)Cc1sc(NC(=O)COc2ccccc2)nc1-c1ccccc1. The molecule has 1 amide bonds. The van der Waals surface area contributed by atoms with Gasteiger partial charge in [-0.05, 0) is 12.1 Å². The van der Waals surface area contributed by atoms with Crippen LogP contribution in [0.15, 0.2) is 60.7 Å². The number of hydrogen-bond donors (Lipinski definition) is 2. The Bertz CT molecular complexity index is 894. The van der Waals surface area contributed by atoms with E-state index in [0.29, 0.717) is 21.5 Å². The van der Waals surface area contributed by atoms with Crippen molar-refractivity contribution >= 4 is 28.3 Å². The van der Waals surface area contributed by atoms with E-state index in [1.807, 2.05) is 48.5 Å². The number of benzene rings is 2. The van der Waals surface area contributed by atoms with Crippen LogP contribution in [0.2, 0.25) is 0 Å². The molecule has 0 atom stereocenters. The second kappa shape index (κ2) is 8.26. The summed E-state index contributed by atoms with van der Waals surface area (Å²) in [6.45, 7) is -0.154. The van der Waals surface area contributed by atoms with E-state index in [0.717, 1.165) is 16.9 Å². The lowest BCUT2D eigenvalue weighted by Crippen LogP contribution is -2.20. The predicted octanol–water partition coefficient (Wildman–Crippen LogP) is 3.45. The quantitative estimate of drug-likeness (QED) is 0.667. The number of nitrogens with zero attached hydrogens (tertiary/aromatic N) is 1. The minimum Gasteiger partial charge on any atom is -0.484 e. The number of carboxylic acid groups (broad SMARTS) is 1. The summed E-state index contributed by atoms with van der Waals surface area (Å²) in [6, 6.07) is 18.3. The molecular weight excluding hydrogens is 352 g/mol. The van der Waals surface area contributed by atoms with Gasteiger partial charge in [0.25, 0.3) is 5.91 Å². The number of carboxylic acids is 1. The Morgan fingerprint density at radius 1 is 1.04 bits per heavy atom. The van der Waals surface area contributed by atoms with Crippen LogP contribution in [0, 0.1) is 0 Å². The molecule has 3 aromatic rings. The van der Waals surface area contributed by atoms with E-state index in [4.69, 9.17) is 9.84 Å². The summed E-state index contributed by atoms with van der Waals surface area (Å²) >= 11 is 1.15. The third-order valence-electron chi connectivity index (χ3n) is 3.42. The van der Waals surface area contributed by atoms with Crippen molar-refractivity contribution in [2.45, 2.75) is 6.42 Å². The lowest BCUT2D eigenvalue weighted by Gasteiger charge is -2.05. The number of para-hydroxylation sites is 1. The topological polar surface area (TPSA) is 88.5 Å². The van der Waals surface area contributed by atoms with Gasteiger partial charge in [-0.2, -0.15) is 0 Å². The number of ether oxygens (including phenoxy) is 1. The lowest BCUT2D eigenvalue weighted by atomic mass is 10.1. The van der Waals surface area contributed by atoms with Gasteiger partial charge in [-0.15, -0.1) is 11.3 Å². The highest BCUT2D eigenvalue weighted by molar-refractivity contribution is 7.16. The summed E-state index contributed by atoms with van der Waals surface area (Å²) in [5.74, 6) is -0.710. The number of aromatic nitrogens is 1. The largest absolute Gasteiger partial charge is 0.484 e. The number of nitrogens with one attached hydrogen (secondary N) is 1. The fraction of sp³-hybridized carbons (Fsp3) is 0.105. The molecule has 1 aromatic heterocycles. The first-order valence-electron chi connectivity index (χ1n) is 7.86. The van der Waals surface area contributed by atoms with Crippen molar-refractivity contribution in [3.05, 3.63) is 65.5 Å². The molecule has 0 aliphatic carbocycles. The molecule has 0 saturated carbocycles. The normalized spacial score (nSPS) is 10.3. The molecule has 0 radical (unpaired) electrons. The van der Waals surface area contributed by atoms with E-state index < -0.39 is 5.97 Å². The molecule has 0 fully saturated rings. The minimum atomic E-state index is -0.948. The molecule has 7 heteroatoms. The first-order chi connectivity index (χ1) is 12.6. The predicted molar refractivity (Wildman–Crippen MR) is 99.5 cm³/mol. The van der Waals surface area contributed by atoms with Crippen LogP contribution in [0.1, 0.15) is 4.88 Å². The van der Waals surface area contributed by atoms with E-state index in [1.165, 1.54) is 0 Å². The van der Waals surface area contributed by atoms with Crippen molar-refractivity contribution in [2.75, 3.05) is 11.9 Å². The zero-order valence-electron chi connectivity index (χ0n) is 13.7. The molecule has 1 heterocycles. The number of carbonyl (C=O) groups excluding carboxylic acids is 1. The van der Waals surface area contributed by atoms with Gasteiger partial charge in [-0.1, -0.05) is 48.5 Å². The van der Waals surface area contributed by atoms with Crippen LogP contribution in [0.4, 0.5) is 5.13 Å². The first-order valence-corrected chi connectivity index (χ1v) is 8.68. The van der Waals surface area contributed by atoms with Crippen molar-refractivity contribution in [3.63, 3.8) is 0 Å². The number of aliphatic carboxylic acids is 1. The van der Waals surface area contributed by atoms with Gasteiger partial charge in [0.1, 0.15) is 5.75 Å². The number of rotatable bonds is 7. The van der Waals surface area contributed by atoms with Crippen LogP contribution in [0.3, 0.4) is 0 Å². The second-order valence-electron chi connectivity index (χ2n) is 5.38. The lowest BCUT2D eigenvalue weighted by molar-refractivity contribution is -0.136. The number of anilines is 1. The number of thiazole rings is 1. The van der Waals surface area contributed by atoms with E-state index in [9.17, 15) is 9.59 Å². The fourth-order valence-corrected chi connectivity index (χ4v) is 3.30. The van der Waals surface area contributed by atoms with Gasteiger partial charge in [-0.25, -0.2) is 4.98 Å². The van der Waals surface area contributed by atoms with Gasteiger partial charge in [0.05, 0.1) is 12.1 Å². The summed E-state index contributed by atoms with van der Waals surface area (Å²) in [7, 11) is 0. The summed E-state index contributed by atoms with van der Waals surface area (Å²) in [5.41, 5.74) is 1.37. The standard InChI is InChI=1S/C19H16N2O4S/c22-16(12-25-14-9-5-2-6-10-14)20-19-21-18(13-7-3-1-4-8-13)15(26-19)11-17(23)24/h1-10H,11-12H2,(H,23,24)(H,20,21,22). The van der Waals surface area contributed by atoms with Gasteiger partial charge in [0.2, 0.25) is 0 Å². The fourth-order valence-electron chi connectivity index (χ4n) is 2.30. The monoisotopic (exact) mass is 368 g/mol. The Hall–Kier alpha value is -3.19. The number of carbonyl (C=O) groups is 2. The average molecular weight is 368 g/mol. The van der Waals surface area contributed by atoms with Crippen LogP contribution in [-0.2, 0) is 16.0 Å². The molecule has 0 aliphatic rings. The molecular formula is C19H16N2O4S. The van der Waals surface area contributed by atoms with Crippen LogP contribution in [0.25, 0.3) is 11.3 Å².